The zero-order valence-corrected chi connectivity index (χ0v) is 10.5. The van der Waals surface area contributed by atoms with Crippen molar-refractivity contribution in [2.45, 2.75) is 25.7 Å². The predicted octanol–water partition coefficient (Wildman–Crippen LogP) is 4.46. The average molecular weight is 280 g/mol. The standard InChI is InChI=1S/C10H12BrClS/c11-8-2-5-13-9(8)6-10(7-12)3-1-4-10/h2,5H,1,3-4,6-7H2. The lowest BCUT2D eigenvalue weighted by atomic mass is 9.68. The Balaban J connectivity index is 2.08. The first-order valence-corrected chi connectivity index (χ1v) is 6.74. The van der Waals surface area contributed by atoms with E-state index in [0.29, 0.717) is 5.41 Å². The summed E-state index contributed by atoms with van der Waals surface area (Å²) in [5.41, 5.74) is 0.426. The first kappa shape index (κ1) is 10.0. The van der Waals surface area contributed by atoms with Gasteiger partial charge in [-0.05, 0) is 52.1 Å². The van der Waals surface area contributed by atoms with Gasteiger partial charge >= 0.3 is 0 Å². The first-order chi connectivity index (χ1) is 6.26. The molecule has 1 saturated carbocycles. The Labute approximate surface area is 96.4 Å². The Morgan fingerprint density at radius 3 is 2.69 bits per heavy atom. The zero-order valence-electron chi connectivity index (χ0n) is 7.35. The molecule has 0 amide bonds. The number of hydrogen-bond donors (Lipinski definition) is 0. The second kappa shape index (κ2) is 3.92. The Morgan fingerprint density at radius 2 is 2.31 bits per heavy atom. The fraction of sp³-hybridized carbons (Fsp3) is 0.600. The Bertz CT molecular complexity index is 285. The highest BCUT2D eigenvalue weighted by Crippen LogP contribution is 2.46. The van der Waals surface area contributed by atoms with E-state index < -0.39 is 0 Å². The smallest absolute Gasteiger partial charge is 0.0314 e. The van der Waals surface area contributed by atoms with Crippen molar-refractivity contribution in [1.29, 1.82) is 0 Å². The molecule has 0 nitrogen and oxygen atoms in total. The van der Waals surface area contributed by atoms with Crippen LogP contribution in [-0.4, -0.2) is 5.88 Å². The van der Waals surface area contributed by atoms with Gasteiger partial charge in [0.15, 0.2) is 0 Å². The molecule has 1 fully saturated rings. The molecule has 2 rings (SSSR count). The van der Waals surface area contributed by atoms with Gasteiger partial charge in [0.2, 0.25) is 0 Å². The lowest BCUT2D eigenvalue weighted by Crippen LogP contribution is -2.33. The van der Waals surface area contributed by atoms with Crippen LogP contribution in [0.3, 0.4) is 0 Å². The molecule has 0 atom stereocenters. The quantitative estimate of drug-likeness (QED) is 0.717. The minimum atomic E-state index is 0.426. The van der Waals surface area contributed by atoms with E-state index in [1.807, 2.05) is 11.3 Å². The van der Waals surface area contributed by atoms with Crippen molar-refractivity contribution in [3.05, 3.63) is 20.8 Å². The van der Waals surface area contributed by atoms with Crippen LogP contribution in [0.2, 0.25) is 0 Å². The molecule has 0 N–H and O–H groups in total. The lowest BCUT2D eigenvalue weighted by Gasteiger charge is -2.40. The van der Waals surface area contributed by atoms with Crippen LogP contribution in [0.25, 0.3) is 0 Å². The van der Waals surface area contributed by atoms with Gasteiger partial charge in [0, 0.05) is 15.2 Å². The zero-order chi connectivity index (χ0) is 9.31. The van der Waals surface area contributed by atoms with Crippen LogP contribution in [0.4, 0.5) is 0 Å². The third-order valence-corrected chi connectivity index (χ3v) is 5.42. The molecular weight excluding hydrogens is 268 g/mol. The van der Waals surface area contributed by atoms with Crippen molar-refractivity contribution in [2.75, 3.05) is 5.88 Å². The van der Waals surface area contributed by atoms with Crippen molar-refractivity contribution in [1.82, 2.24) is 0 Å². The van der Waals surface area contributed by atoms with E-state index in [1.165, 1.54) is 28.6 Å². The van der Waals surface area contributed by atoms with Crippen molar-refractivity contribution in [3.63, 3.8) is 0 Å². The molecule has 3 heteroatoms. The summed E-state index contributed by atoms with van der Waals surface area (Å²) in [6, 6.07) is 2.13. The van der Waals surface area contributed by atoms with Gasteiger partial charge in [-0.2, -0.15) is 0 Å². The monoisotopic (exact) mass is 278 g/mol. The third kappa shape index (κ3) is 1.95. The van der Waals surface area contributed by atoms with E-state index in [4.69, 9.17) is 11.6 Å². The molecule has 13 heavy (non-hydrogen) atoms. The number of hydrogen-bond acceptors (Lipinski definition) is 1. The average Bonchev–Trinajstić information content (AvgIpc) is 2.44. The van der Waals surface area contributed by atoms with Gasteiger partial charge in [0.1, 0.15) is 0 Å². The molecule has 0 unspecified atom stereocenters. The molecule has 0 radical (unpaired) electrons. The molecule has 0 bridgehead atoms. The Kier molecular flexibility index (Phi) is 3.01. The van der Waals surface area contributed by atoms with Crippen molar-refractivity contribution in [2.24, 2.45) is 5.41 Å². The van der Waals surface area contributed by atoms with Crippen molar-refractivity contribution < 1.29 is 0 Å². The Morgan fingerprint density at radius 1 is 1.54 bits per heavy atom. The van der Waals surface area contributed by atoms with Crippen molar-refractivity contribution >= 4 is 38.9 Å². The van der Waals surface area contributed by atoms with E-state index in [2.05, 4.69) is 27.4 Å². The molecule has 1 heterocycles. The van der Waals surface area contributed by atoms with Gasteiger partial charge in [-0.3, -0.25) is 0 Å². The highest BCUT2D eigenvalue weighted by molar-refractivity contribution is 9.10. The summed E-state index contributed by atoms with van der Waals surface area (Å²) < 4.78 is 1.26. The van der Waals surface area contributed by atoms with E-state index >= 15 is 0 Å². The minimum Gasteiger partial charge on any atom is -0.148 e. The number of halogens is 2. The normalized spacial score (nSPS) is 19.8. The summed E-state index contributed by atoms with van der Waals surface area (Å²) in [7, 11) is 0. The fourth-order valence-corrected chi connectivity index (χ4v) is 3.85. The van der Waals surface area contributed by atoms with E-state index in [-0.39, 0.29) is 0 Å². The third-order valence-electron chi connectivity index (χ3n) is 2.92. The second-order valence-electron chi connectivity index (χ2n) is 3.86. The molecule has 0 saturated heterocycles. The van der Waals surface area contributed by atoms with Gasteiger partial charge in [-0.1, -0.05) is 6.42 Å². The summed E-state index contributed by atoms with van der Waals surface area (Å²) in [6.45, 7) is 0. The van der Waals surface area contributed by atoms with Gasteiger partial charge in [0.05, 0.1) is 0 Å². The number of alkyl halides is 1. The second-order valence-corrected chi connectivity index (χ2v) is 5.98. The molecule has 0 aliphatic heterocycles. The van der Waals surface area contributed by atoms with Crippen molar-refractivity contribution in [3.8, 4) is 0 Å². The number of rotatable bonds is 3. The summed E-state index contributed by atoms with van der Waals surface area (Å²) >= 11 is 11.4. The molecule has 0 aromatic carbocycles. The molecule has 1 aromatic rings. The summed E-state index contributed by atoms with van der Waals surface area (Å²) in [5, 5.41) is 2.14. The topological polar surface area (TPSA) is 0 Å². The fourth-order valence-electron chi connectivity index (χ4n) is 1.83. The van der Waals surface area contributed by atoms with Crippen LogP contribution >= 0.6 is 38.9 Å². The lowest BCUT2D eigenvalue weighted by molar-refractivity contribution is 0.167. The van der Waals surface area contributed by atoms with Crippen LogP contribution in [0.1, 0.15) is 24.1 Å². The molecule has 1 aliphatic carbocycles. The highest BCUT2D eigenvalue weighted by Gasteiger charge is 2.36. The first-order valence-electron chi connectivity index (χ1n) is 4.54. The molecule has 72 valence electrons. The summed E-state index contributed by atoms with van der Waals surface area (Å²) in [4.78, 5) is 1.46. The van der Waals surface area contributed by atoms with E-state index in [1.54, 1.807) is 0 Å². The van der Waals surface area contributed by atoms with Crippen LogP contribution in [0, 0.1) is 5.41 Å². The highest BCUT2D eigenvalue weighted by atomic mass is 79.9. The molecule has 1 aromatic heterocycles. The Hall–Kier alpha value is 0.470. The van der Waals surface area contributed by atoms with Crippen LogP contribution in [-0.2, 0) is 6.42 Å². The van der Waals surface area contributed by atoms with E-state index in [9.17, 15) is 0 Å². The van der Waals surface area contributed by atoms with Crippen LogP contribution in [0.15, 0.2) is 15.9 Å². The maximum atomic E-state index is 6.02. The van der Waals surface area contributed by atoms with Gasteiger partial charge in [0.25, 0.3) is 0 Å². The van der Waals surface area contributed by atoms with E-state index in [0.717, 1.165) is 12.3 Å². The summed E-state index contributed by atoms with van der Waals surface area (Å²) in [6.07, 6.45) is 5.13. The van der Waals surface area contributed by atoms with Crippen LogP contribution < -0.4 is 0 Å². The molecule has 1 aliphatic rings. The predicted molar refractivity (Wildman–Crippen MR) is 62.7 cm³/mol. The molecule has 0 spiro atoms. The maximum Gasteiger partial charge on any atom is 0.0314 e. The minimum absolute atomic E-state index is 0.426. The van der Waals surface area contributed by atoms with Gasteiger partial charge in [-0.15, -0.1) is 22.9 Å². The largest absolute Gasteiger partial charge is 0.148 e. The number of thiophene rings is 1. The molecular formula is C10H12BrClS. The SMILES string of the molecule is ClCC1(Cc2sccc2Br)CCC1. The van der Waals surface area contributed by atoms with Gasteiger partial charge < -0.3 is 0 Å². The summed E-state index contributed by atoms with van der Waals surface area (Å²) in [5.74, 6) is 0.817. The van der Waals surface area contributed by atoms with Crippen LogP contribution in [0.5, 0.6) is 0 Å². The van der Waals surface area contributed by atoms with Gasteiger partial charge in [-0.25, -0.2) is 0 Å². The maximum absolute atomic E-state index is 6.02.